The van der Waals surface area contributed by atoms with Crippen LogP contribution < -0.4 is 10.2 Å². The van der Waals surface area contributed by atoms with Crippen molar-refractivity contribution in [1.29, 1.82) is 0 Å². The van der Waals surface area contributed by atoms with Gasteiger partial charge in [-0.05, 0) is 30.9 Å². The molecule has 1 aliphatic rings. The number of hydrogen-bond acceptors (Lipinski definition) is 5. The van der Waals surface area contributed by atoms with Crippen molar-refractivity contribution in [3.05, 3.63) is 5.28 Å². The molecule has 6 heteroatoms. The van der Waals surface area contributed by atoms with Crippen LogP contribution in [0.3, 0.4) is 0 Å². The Bertz CT molecular complexity index is 465. The molecule has 0 spiro atoms. The van der Waals surface area contributed by atoms with Gasteiger partial charge in [-0.1, -0.05) is 19.3 Å². The van der Waals surface area contributed by atoms with E-state index >= 15 is 0 Å². The Kier molecular flexibility index (Phi) is 4.80. The average molecular weight is 280 g/mol. The first kappa shape index (κ1) is 13.9. The normalized spacial score (nSPS) is 16.2. The molecule has 1 N–H and O–H groups in total. The highest BCUT2D eigenvalue weighted by molar-refractivity contribution is 6.28. The minimum absolute atomic E-state index is 0.0742. The number of nitrogens with one attached hydrogen (secondary N) is 1. The van der Waals surface area contributed by atoms with Crippen molar-refractivity contribution in [1.82, 2.24) is 15.0 Å². The highest BCUT2D eigenvalue weighted by Gasteiger charge is 2.17. The van der Waals surface area contributed by atoms with Crippen LogP contribution >= 0.6 is 11.6 Å². The van der Waals surface area contributed by atoms with Gasteiger partial charge in [-0.3, -0.25) is 0 Å². The second kappa shape index (κ2) is 6.58. The van der Waals surface area contributed by atoms with E-state index in [1.54, 1.807) is 0 Å². The second-order valence-electron chi connectivity index (χ2n) is 4.57. The third-order valence-corrected chi connectivity index (χ3v) is 3.24. The molecule has 1 fully saturated rings. The minimum atomic E-state index is -0.0742. The summed E-state index contributed by atoms with van der Waals surface area (Å²) in [6, 6.07) is -0.0742. The van der Waals surface area contributed by atoms with E-state index < -0.39 is 0 Å². The number of anilines is 2. The molecular weight excluding hydrogens is 262 g/mol. The topological polar surface area (TPSA) is 53.9 Å². The number of aromatic nitrogens is 3. The molecule has 1 saturated heterocycles. The molecule has 0 bridgehead atoms. The fraction of sp³-hybridized carbons (Fsp3) is 0.615. The lowest BCUT2D eigenvalue weighted by molar-refractivity contribution is 0.745. The summed E-state index contributed by atoms with van der Waals surface area (Å²) in [6.07, 6.45) is 9.67. The molecule has 1 unspecified atom stereocenters. The quantitative estimate of drug-likeness (QED) is 0.839. The molecule has 2 heterocycles. The van der Waals surface area contributed by atoms with Gasteiger partial charge in [0, 0.05) is 13.1 Å². The SMILES string of the molecule is C#CC(CCC)Nc1nc(Cl)nc(N2CCCC2)n1. The first-order valence-electron chi connectivity index (χ1n) is 6.62. The number of nitrogens with zero attached hydrogens (tertiary/aromatic N) is 4. The van der Waals surface area contributed by atoms with Crippen LogP contribution in [0.25, 0.3) is 0 Å². The van der Waals surface area contributed by atoms with Gasteiger partial charge in [-0.25, -0.2) is 0 Å². The number of rotatable bonds is 5. The summed E-state index contributed by atoms with van der Waals surface area (Å²) in [5, 5.41) is 3.33. The van der Waals surface area contributed by atoms with Crippen molar-refractivity contribution >= 4 is 23.5 Å². The summed E-state index contributed by atoms with van der Waals surface area (Å²) in [5.74, 6) is 3.78. The summed E-state index contributed by atoms with van der Waals surface area (Å²) in [5.41, 5.74) is 0. The van der Waals surface area contributed by atoms with Crippen LogP contribution in [0.4, 0.5) is 11.9 Å². The smallest absolute Gasteiger partial charge is 0.231 e. The van der Waals surface area contributed by atoms with E-state index in [4.69, 9.17) is 18.0 Å². The van der Waals surface area contributed by atoms with Gasteiger partial charge in [0.15, 0.2) is 0 Å². The molecule has 0 saturated carbocycles. The molecule has 0 aliphatic carbocycles. The van der Waals surface area contributed by atoms with Gasteiger partial charge in [0.25, 0.3) is 0 Å². The molecule has 2 rings (SSSR count). The van der Waals surface area contributed by atoms with E-state index in [2.05, 4.69) is 38.0 Å². The van der Waals surface area contributed by atoms with Gasteiger partial charge in [0.2, 0.25) is 17.2 Å². The molecule has 1 aromatic rings. The predicted octanol–water partition coefficient (Wildman–Crippen LogP) is 2.34. The number of hydrogen-bond donors (Lipinski definition) is 1. The molecule has 0 amide bonds. The van der Waals surface area contributed by atoms with E-state index in [0.29, 0.717) is 11.9 Å². The zero-order valence-corrected chi connectivity index (χ0v) is 11.8. The van der Waals surface area contributed by atoms with Crippen LogP contribution in [0.15, 0.2) is 0 Å². The Hall–Kier alpha value is -1.54. The van der Waals surface area contributed by atoms with E-state index in [9.17, 15) is 0 Å². The van der Waals surface area contributed by atoms with Crippen LogP contribution in [0.1, 0.15) is 32.6 Å². The van der Waals surface area contributed by atoms with Gasteiger partial charge in [0.05, 0.1) is 6.04 Å². The monoisotopic (exact) mass is 279 g/mol. The third-order valence-electron chi connectivity index (χ3n) is 3.07. The second-order valence-corrected chi connectivity index (χ2v) is 4.91. The van der Waals surface area contributed by atoms with Crippen molar-refractivity contribution < 1.29 is 0 Å². The summed E-state index contributed by atoms with van der Waals surface area (Å²) >= 11 is 5.95. The van der Waals surface area contributed by atoms with E-state index in [1.807, 2.05) is 0 Å². The predicted molar refractivity (Wildman–Crippen MR) is 77.4 cm³/mol. The van der Waals surface area contributed by atoms with Crippen molar-refractivity contribution in [2.45, 2.75) is 38.6 Å². The highest BCUT2D eigenvalue weighted by Crippen LogP contribution is 2.19. The Labute approximate surface area is 118 Å². The summed E-state index contributed by atoms with van der Waals surface area (Å²) < 4.78 is 0. The standard InChI is InChI=1S/C13H18ClN5/c1-3-7-10(4-2)15-12-16-11(14)17-13(18-12)19-8-5-6-9-19/h2,10H,3,5-9H2,1H3,(H,15,16,17,18). The fourth-order valence-electron chi connectivity index (χ4n) is 2.10. The van der Waals surface area contributed by atoms with E-state index in [0.717, 1.165) is 38.8 Å². The lowest BCUT2D eigenvalue weighted by Crippen LogP contribution is -2.23. The molecule has 19 heavy (non-hydrogen) atoms. The zero-order chi connectivity index (χ0) is 13.7. The molecule has 1 aromatic heterocycles. The maximum atomic E-state index is 5.95. The Morgan fingerprint density at radius 3 is 2.74 bits per heavy atom. The van der Waals surface area contributed by atoms with Crippen LogP contribution in [0.2, 0.25) is 5.28 Å². The molecule has 102 valence electrons. The average Bonchev–Trinajstić information content (AvgIpc) is 2.91. The third kappa shape index (κ3) is 3.71. The molecule has 1 aliphatic heterocycles. The minimum Gasteiger partial charge on any atom is -0.341 e. The lowest BCUT2D eigenvalue weighted by atomic mass is 10.2. The zero-order valence-electron chi connectivity index (χ0n) is 11.1. The Morgan fingerprint density at radius 1 is 1.37 bits per heavy atom. The molecule has 0 radical (unpaired) electrons. The molecule has 0 aromatic carbocycles. The van der Waals surface area contributed by atoms with Crippen LogP contribution in [-0.4, -0.2) is 34.1 Å². The molecule has 1 atom stereocenters. The highest BCUT2D eigenvalue weighted by atomic mass is 35.5. The van der Waals surface area contributed by atoms with Crippen molar-refractivity contribution in [3.8, 4) is 12.3 Å². The summed E-state index contributed by atoms with van der Waals surface area (Å²) in [4.78, 5) is 14.8. The molecular formula is C13H18ClN5. The Balaban J connectivity index is 2.14. The van der Waals surface area contributed by atoms with Gasteiger partial charge < -0.3 is 10.2 Å². The van der Waals surface area contributed by atoms with Gasteiger partial charge >= 0.3 is 0 Å². The van der Waals surface area contributed by atoms with Crippen LogP contribution in [-0.2, 0) is 0 Å². The first-order valence-corrected chi connectivity index (χ1v) is 7.00. The molecule has 5 nitrogen and oxygen atoms in total. The fourth-order valence-corrected chi connectivity index (χ4v) is 2.26. The first-order chi connectivity index (χ1) is 9.22. The van der Waals surface area contributed by atoms with Crippen molar-refractivity contribution in [3.63, 3.8) is 0 Å². The van der Waals surface area contributed by atoms with Gasteiger partial charge in [-0.15, -0.1) is 6.42 Å². The van der Waals surface area contributed by atoms with Gasteiger partial charge in [0.1, 0.15) is 0 Å². The number of halogens is 1. The largest absolute Gasteiger partial charge is 0.341 e. The Morgan fingerprint density at radius 2 is 2.11 bits per heavy atom. The van der Waals surface area contributed by atoms with Crippen molar-refractivity contribution in [2.75, 3.05) is 23.3 Å². The number of terminal acetylenes is 1. The van der Waals surface area contributed by atoms with Gasteiger partial charge in [-0.2, -0.15) is 15.0 Å². The van der Waals surface area contributed by atoms with E-state index in [-0.39, 0.29) is 11.3 Å². The van der Waals surface area contributed by atoms with Crippen molar-refractivity contribution in [2.24, 2.45) is 0 Å². The van der Waals surface area contributed by atoms with Crippen LogP contribution in [0.5, 0.6) is 0 Å². The van der Waals surface area contributed by atoms with Crippen LogP contribution in [0, 0.1) is 12.3 Å². The van der Waals surface area contributed by atoms with E-state index in [1.165, 1.54) is 0 Å². The lowest BCUT2D eigenvalue weighted by Gasteiger charge is -2.17. The maximum absolute atomic E-state index is 5.95. The maximum Gasteiger partial charge on any atom is 0.231 e. The summed E-state index contributed by atoms with van der Waals surface area (Å²) in [6.45, 7) is 4.02. The summed E-state index contributed by atoms with van der Waals surface area (Å²) in [7, 11) is 0.